The van der Waals surface area contributed by atoms with E-state index >= 15 is 13.6 Å². The van der Waals surface area contributed by atoms with Gasteiger partial charge in [0.05, 0.1) is 45.5 Å². The largest absolute Gasteiger partial charge is 0.493 e. The molecule has 11 nitrogen and oxygen atoms in total. The van der Waals surface area contributed by atoms with Gasteiger partial charge in [-0.1, -0.05) is 23.7 Å². The fourth-order valence-electron chi connectivity index (χ4n) is 8.91. The lowest BCUT2D eigenvalue weighted by Gasteiger charge is -2.25. The maximum absolute atomic E-state index is 15.6. The lowest BCUT2D eigenvalue weighted by molar-refractivity contribution is -0.123. The van der Waals surface area contributed by atoms with Crippen molar-refractivity contribution < 1.29 is 35.9 Å². The van der Waals surface area contributed by atoms with Gasteiger partial charge in [0.25, 0.3) is 17.9 Å². The topological polar surface area (TPSA) is 141 Å². The van der Waals surface area contributed by atoms with Crippen molar-refractivity contribution in [2.24, 2.45) is 16.0 Å². The molecule has 63 heavy (non-hydrogen) atoms. The first kappa shape index (κ1) is 42.3. The van der Waals surface area contributed by atoms with Crippen LogP contribution in [0.5, 0.6) is 5.75 Å². The Labute approximate surface area is 364 Å². The second-order valence-corrected chi connectivity index (χ2v) is 16.6. The van der Waals surface area contributed by atoms with E-state index in [-0.39, 0.29) is 62.1 Å². The molecule has 0 radical (unpaired) electrons. The number of anilines is 1. The molecule has 0 bridgehead atoms. The fourth-order valence-corrected chi connectivity index (χ4v) is 9.46. The van der Waals surface area contributed by atoms with E-state index in [2.05, 4.69) is 20.1 Å². The normalized spacial score (nSPS) is 17.8. The Hall–Kier alpha value is -6.01. The molecule has 3 atom stereocenters. The van der Waals surface area contributed by atoms with Gasteiger partial charge >= 0.3 is 0 Å². The third-order valence-electron chi connectivity index (χ3n) is 11.7. The van der Waals surface area contributed by atoms with Crippen molar-refractivity contribution in [3.8, 4) is 22.6 Å². The number of aromatic nitrogens is 4. The van der Waals surface area contributed by atoms with Crippen LogP contribution in [0.2, 0.25) is 5.02 Å². The Morgan fingerprint density at radius 2 is 1.83 bits per heavy atom. The van der Waals surface area contributed by atoms with Gasteiger partial charge in [-0.15, -0.1) is 0 Å². The van der Waals surface area contributed by atoms with Crippen LogP contribution < -0.4 is 26.7 Å². The summed E-state index contributed by atoms with van der Waals surface area (Å²) < 4.78 is 101. The number of alkyl halides is 4. The Balaban J connectivity index is 1.24. The molecule has 3 heterocycles. The number of hydrogen-bond acceptors (Lipinski definition) is 8. The van der Waals surface area contributed by atoms with Crippen molar-refractivity contribution in [3.05, 3.63) is 133 Å². The van der Waals surface area contributed by atoms with Gasteiger partial charge in [0.15, 0.2) is 0 Å². The molecule has 1 amide bonds. The summed E-state index contributed by atoms with van der Waals surface area (Å²) in [6.45, 7) is -0.326. The van der Waals surface area contributed by atoms with Crippen LogP contribution in [0, 0.1) is 17.6 Å². The minimum Gasteiger partial charge on any atom is -0.493 e. The van der Waals surface area contributed by atoms with Gasteiger partial charge in [-0.25, -0.2) is 22.5 Å². The summed E-state index contributed by atoms with van der Waals surface area (Å²) in [6, 6.07) is 15.1. The number of amides is 1. The first-order valence-electron chi connectivity index (χ1n) is 19.9. The van der Waals surface area contributed by atoms with Gasteiger partial charge in [0.1, 0.15) is 47.0 Å². The maximum atomic E-state index is 15.6. The SMILES string of the molecule is CNc1c(-n2c(C(Cc3cc(F)cc(F)c3)NC(=O)Cn3nc(C(F)F)c4c3C(F)(F)C3CC43)nc3cc(-c4ccc5c(c4)CCCO5)ccc3c2=O)ccc(Cl)c1C(N)=NSC. The lowest BCUT2D eigenvalue weighted by atomic mass is 9.98. The summed E-state index contributed by atoms with van der Waals surface area (Å²) in [7, 11) is 1.56. The van der Waals surface area contributed by atoms with Crippen molar-refractivity contribution in [3.63, 3.8) is 0 Å². The molecule has 1 fully saturated rings. The van der Waals surface area contributed by atoms with E-state index in [1.807, 2.05) is 18.2 Å². The fraction of sp³-hybridized carbons (Fsp3) is 0.295. The van der Waals surface area contributed by atoms with Crippen LogP contribution >= 0.6 is 23.5 Å². The van der Waals surface area contributed by atoms with Crippen LogP contribution in [0.4, 0.5) is 32.0 Å². The number of halogens is 7. The lowest BCUT2D eigenvalue weighted by Crippen LogP contribution is -2.38. The number of rotatable bonds is 12. The summed E-state index contributed by atoms with van der Waals surface area (Å²) in [6.07, 6.45) is -0.217. The van der Waals surface area contributed by atoms with Crippen molar-refractivity contribution in [1.82, 2.24) is 24.6 Å². The van der Waals surface area contributed by atoms with E-state index < -0.39 is 77.7 Å². The van der Waals surface area contributed by atoms with E-state index in [0.29, 0.717) is 22.9 Å². The standard InChI is InChI=1S/C44H37ClF6N8O3S/c1-53-37-32(9-8-29(45)36(37)41(52)57-63-2)59-42(55-30-16-22(5-7-26(30)43(59)61)21-6-10-33-23(15-21)4-3-11-62-33)31(14-20-12-24(46)17-25(47)13-20)54-34(60)19-58-39-35(38(56-58)40(48)49)27-18-28(27)44(39,50)51/h5-10,12-13,15-17,27-28,31,40,53H,3-4,11,14,18-19H2,1-2H3,(H2,52,57)(H,54,60). The predicted octanol–water partition coefficient (Wildman–Crippen LogP) is 8.78. The number of aryl methyl sites for hydroxylation is 1. The number of benzene rings is 4. The quantitative estimate of drug-likeness (QED) is 0.0479. The van der Waals surface area contributed by atoms with Crippen molar-refractivity contribution >= 4 is 51.9 Å². The second kappa shape index (κ2) is 16.3. The van der Waals surface area contributed by atoms with E-state index in [0.717, 1.165) is 53.8 Å². The van der Waals surface area contributed by atoms with Crippen LogP contribution in [0.25, 0.3) is 27.7 Å². The minimum absolute atomic E-state index is 0.00610. The Morgan fingerprint density at radius 1 is 1.08 bits per heavy atom. The average molecular weight is 907 g/mol. The molecule has 6 aromatic rings. The highest BCUT2D eigenvalue weighted by Crippen LogP contribution is 2.68. The number of nitrogens with zero attached hydrogens (tertiary/aromatic N) is 5. The van der Waals surface area contributed by atoms with Crippen LogP contribution in [0.15, 0.2) is 75.9 Å². The summed E-state index contributed by atoms with van der Waals surface area (Å²) in [5.41, 5.74) is 7.22. The summed E-state index contributed by atoms with van der Waals surface area (Å²) in [4.78, 5) is 34.3. The van der Waals surface area contributed by atoms with Crippen LogP contribution in [0.3, 0.4) is 0 Å². The first-order chi connectivity index (χ1) is 30.2. The summed E-state index contributed by atoms with van der Waals surface area (Å²) >= 11 is 7.74. The molecule has 9 rings (SSSR count). The molecule has 2 aromatic heterocycles. The van der Waals surface area contributed by atoms with Crippen LogP contribution in [-0.4, -0.2) is 51.0 Å². The number of nitrogens with two attached hydrogens (primary N) is 1. The number of carbonyl (C=O) groups excluding carboxylic acids is 1. The van der Waals surface area contributed by atoms with Crippen LogP contribution in [0.1, 0.15) is 70.7 Å². The molecule has 2 aliphatic carbocycles. The second-order valence-electron chi connectivity index (χ2n) is 15.6. The number of fused-ring (bicyclic) bond motifs is 5. The zero-order valence-electron chi connectivity index (χ0n) is 33.5. The number of amidine groups is 1. The Kier molecular flexibility index (Phi) is 10.9. The molecule has 4 aromatic carbocycles. The zero-order valence-corrected chi connectivity index (χ0v) is 35.1. The van der Waals surface area contributed by atoms with E-state index in [1.54, 1.807) is 31.5 Å². The number of carbonyl (C=O) groups is 1. The van der Waals surface area contributed by atoms with E-state index in [1.165, 1.54) is 16.7 Å². The van der Waals surface area contributed by atoms with Gasteiger partial charge in [-0.2, -0.15) is 18.3 Å². The highest BCUT2D eigenvalue weighted by molar-refractivity contribution is 7.97. The van der Waals surface area contributed by atoms with Gasteiger partial charge in [0, 0.05) is 37.3 Å². The molecule has 19 heteroatoms. The molecular formula is C44H37ClF6N8O3S. The number of nitrogens with one attached hydrogen (secondary N) is 2. The minimum atomic E-state index is -3.51. The number of hydrogen-bond donors (Lipinski definition) is 3. The van der Waals surface area contributed by atoms with E-state index in [9.17, 15) is 22.4 Å². The maximum Gasteiger partial charge on any atom is 0.293 e. The van der Waals surface area contributed by atoms with Gasteiger partial charge in [-0.05, 0) is 108 Å². The van der Waals surface area contributed by atoms with Crippen molar-refractivity contribution in [2.45, 2.75) is 56.5 Å². The molecule has 326 valence electrons. The molecular weight excluding hydrogens is 870 g/mol. The predicted molar refractivity (Wildman–Crippen MR) is 228 cm³/mol. The number of ether oxygens (including phenoxy) is 1. The molecule has 1 aliphatic heterocycles. The smallest absolute Gasteiger partial charge is 0.293 e. The molecule has 3 aliphatic rings. The van der Waals surface area contributed by atoms with Crippen molar-refractivity contribution in [2.75, 3.05) is 25.2 Å². The Morgan fingerprint density at radius 3 is 2.56 bits per heavy atom. The Bertz CT molecular complexity index is 2920. The summed E-state index contributed by atoms with van der Waals surface area (Å²) in [5.74, 6) is -7.73. The van der Waals surface area contributed by atoms with Crippen molar-refractivity contribution in [1.29, 1.82) is 0 Å². The highest BCUT2D eigenvalue weighted by atomic mass is 35.5. The monoisotopic (exact) mass is 906 g/mol. The van der Waals surface area contributed by atoms with Gasteiger partial charge in [0.2, 0.25) is 5.91 Å². The molecule has 4 N–H and O–H groups in total. The average Bonchev–Trinajstić information content (AvgIpc) is 3.91. The van der Waals surface area contributed by atoms with Crippen LogP contribution in [-0.2, 0) is 30.1 Å². The highest BCUT2D eigenvalue weighted by Gasteiger charge is 2.67. The molecule has 0 saturated heterocycles. The summed E-state index contributed by atoms with van der Waals surface area (Å²) in [5, 5.41) is 9.88. The van der Waals surface area contributed by atoms with Gasteiger partial charge < -0.3 is 21.1 Å². The third kappa shape index (κ3) is 7.55. The zero-order chi connectivity index (χ0) is 44.5. The van der Waals surface area contributed by atoms with Gasteiger partial charge in [-0.3, -0.25) is 18.8 Å². The third-order valence-corrected chi connectivity index (χ3v) is 12.4. The first-order valence-corrected chi connectivity index (χ1v) is 21.5. The molecule has 0 spiro atoms. The van der Waals surface area contributed by atoms with E-state index in [4.69, 9.17) is 27.1 Å². The molecule has 1 saturated carbocycles. The molecule has 3 unspecified atom stereocenters.